The van der Waals surface area contributed by atoms with Crippen LogP contribution in [0.15, 0.2) is 30.5 Å². The van der Waals surface area contributed by atoms with E-state index in [0.717, 1.165) is 5.56 Å². The van der Waals surface area contributed by atoms with Gasteiger partial charge in [0.1, 0.15) is 11.4 Å². The zero-order chi connectivity index (χ0) is 9.97. The lowest BCUT2D eigenvalue weighted by atomic mass is 10.1. The minimum Gasteiger partial charge on any atom is -0.508 e. The molecule has 2 rings (SSSR count). The maximum Gasteiger partial charge on any atom is 0.240 e. The molecule has 0 aliphatic carbocycles. The molecule has 5 heteroatoms. The summed E-state index contributed by atoms with van der Waals surface area (Å²) >= 11 is 0. The Morgan fingerprint density at radius 1 is 1.21 bits per heavy atom. The minimum absolute atomic E-state index is 0.133. The molecule has 0 bridgehead atoms. The van der Waals surface area contributed by atoms with Gasteiger partial charge in [0.25, 0.3) is 0 Å². The van der Waals surface area contributed by atoms with Crippen LogP contribution in [0.3, 0.4) is 0 Å². The van der Waals surface area contributed by atoms with Gasteiger partial charge in [0.15, 0.2) is 0 Å². The van der Waals surface area contributed by atoms with Crippen LogP contribution >= 0.6 is 0 Å². The van der Waals surface area contributed by atoms with E-state index in [-0.39, 0.29) is 11.7 Å². The molecule has 5 nitrogen and oxygen atoms in total. The fraction of sp³-hybridized carbons (Fsp3) is 0. The second-order valence-electron chi connectivity index (χ2n) is 2.75. The number of hydrogen-bond donors (Lipinski definition) is 2. The van der Waals surface area contributed by atoms with Crippen LogP contribution in [0.25, 0.3) is 11.3 Å². The Balaban J connectivity index is 2.44. The summed E-state index contributed by atoms with van der Waals surface area (Å²) in [6.45, 7) is 0. The highest BCUT2D eigenvalue weighted by Gasteiger charge is 2.00. The summed E-state index contributed by atoms with van der Waals surface area (Å²) in [7, 11) is 0. The summed E-state index contributed by atoms with van der Waals surface area (Å²) < 4.78 is 0. The highest BCUT2D eigenvalue weighted by molar-refractivity contribution is 5.59. The van der Waals surface area contributed by atoms with Crippen LogP contribution in [0.4, 0.5) is 5.95 Å². The predicted octanol–water partition coefficient (Wildman–Crippen LogP) is 0.826. The summed E-state index contributed by atoms with van der Waals surface area (Å²) in [6.07, 6.45) is 1.51. The van der Waals surface area contributed by atoms with Crippen molar-refractivity contribution in [2.75, 3.05) is 5.73 Å². The van der Waals surface area contributed by atoms with Crippen LogP contribution in [-0.4, -0.2) is 20.3 Å². The molecule has 3 N–H and O–H groups in total. The fourth-order valence-electron chi connectivity index (χ4n) is 1.08. The normalized spacial score (nSPS) is 10.0. The monoisotopic (exact) mass is 188 g/mol. The first-order valence-electron chi connectivity index (χ1n) is 4.00. The average Bonchev–Trinajstić information content (AvgIpc) is 2.19. The second-order valence-corrected chi connectivity index (χ2v) is 2.75. The molecule has 0 aliphatic heterocycles. The Labute approximate surface area is 80.3 Å². The highest BCUT2D eigenvalue weighted by atomic mass is 16.3. The van der Waals surface area contributed by atoms with Gasteiger partial charge >= 0.3 is 0 Å². The molecule has 0 aliphatic rings. The Morgan fingerprint density at radius 2 is 2.07 bits per heavy atom. The molecule has 0 fully saturated rings. The van der Waals surface area contributed by atoms with Gasteiger partial charge in [-0.3, -0.25) is 0 Å². The lowest BCUT2D eigenvalue weighted by Crippen LogP contribution is -1.97. The Kier molecular flexibility index (Phi) is 1.98. The zero-order valence-electron chi connectivity index (χ0n) is 7.25. The number of nitrogen functional groups attached to an aromatic ring is 1. The maximum atomic E-state index is 9.24. The van der Waals surface area contributed by atoms with E-state index in [1.807, 2.05) is 6.07 Å². The van der Waals surface area contributed by atoms with E-state index in [1.54, 1.807) is 18.2 Å². The van der Waals surface area contributed by atoms with Gasteiger partial charge in [0.05, 0.1) is 6.20 Å². The second kappa shape index (κ2) is 3.29. The SMILES string of the molecule is Nc1ncc(-c2cccc(O)c2)nn1. The van der Waals surface area contributed by atoms with Crippen molar-refractivity contribution in [3.05, 3.63) is 30.5 Å². The van der Waals surface area contributed by atoms with Crippen molar-refractivity contribution in [2.45, 2.75) is 0 Å². The molecule has 14 heavy (non-hydrogen) atoms. The molecule has 2 aromatic rings. The molecule has 0 amide bonds. The number of nitrogens with two attached hydrogens (primary N) is 1. The van der Waals surface area contributed by atoms with Crippen molar-refractivity contribution in [3.8, 4) is 17.0 Å². The Bertz CT molecular complexity index is 441. The van der Waals surface area contributed by atoms with E-state index in [4.69, 9.17) is 5.73 Å². The number of nitrogens with zero attached hydrogens (tertiary/aromatic N) is 3. The van der Waals surface area contributed by atoms with Crippen LogP contribution in [0.2, 0.25) is 0 Å². The van der Waals surface area contributed by atoms with Gasteiger partial charge in [-0.25, -0.2) is 4.98 Å². The lowest BCUT2D eigenvalue weighted by Gasteiger charge is -1.99. The number of phenols is 1. The van der Waals surface area contributed by atoms with E-state index in [2.05, 4.69) is 15.2 Å². The van der Waals surface area contributed by atoms with Crippen LogP contribution in [0.1, 0.15) is 0 Å². The van der Waals surface area contributed by atoms with Crippen molar-refractivity contribution < 1.29 is 5.11 Å². The van der Waals surface area contributed by atoms with E-state index < -0.39 is 0 Å². The molecule has 0 saturated heterocycles. The fourth-order valence-corrected chi connectivity index (χ4v) is 1.08. The van der Waals surface area contributed by atoms with Crippen molar-refractivity contribution in [1.29, 1.82) is 0 Å². The van der Waals surface area contributed by atoms with Crippen molar-refractivity contribution >= 4 is 5.95 Å². The van der Waals surface area contributed by atoms with Gasteiger partial charge in [-0.05, 0) is 12.1 Å². The van der Waals surface area contributed by atoms with E-state index >= 15 is 0 Å². The van der Waals surface area contributed by atoms with Gasteiger partial charge in [0.2, 0.25) is 5.95 Å². The van der Waals surface area contributed by atoms with Gasteiger partial charge in [-0.1, -0.05) is 12.1 Å². The lowest BCUT2D eigenvalue weighted by molar-refractivity contribution is 0.475. The van der Waals surface area contributed by atoms with E-state index in [1.165, 1.54) is 6.20 Å². The zero-order valence-corrected chi connectivity index (χ0v) is 7.25. The number of phenolic OH excluding ortho intramolecular Hbond substituents is 1. The van der Waals surface area contributed by atoms with Crippen molar-refractivity contribution in [1.82, 2.24) is 15.2 Å². The van der Waals surface area contributed by atoms with Gasteiger partial charge in [-0.15, -0.1) is 10.2 Å². The number of hydrogen-bond acceptors (Lipinski definition) is 5. The molecule has 0 atom stereocenters. The van der Waals surface area contributed by atoms with Crippen LogP contribution in [0, 0.1) is 0 Å². The van der Waals surface area contributed by atoms with E-state index in [0.29, 0.717) is 5.69 Å². The first kappa shape index (κ1) is 8.43. The van der Waals surface area contributed by atoms with Gasteiger partial charge in [0, 0.05) is 5.56 Å². The van der Waals surface area contributed by atoms with Crippen LogP contribution < -0.4 is 5.73 Å². The maximum absolute atomic E-state index is 9.24. The summed E-state index contributed by atoms with van der Waals surface area (Å²) in [6, 6.07) is 6.70. The third-order valence-corrected chi connectivity index (χ3v) is 1.72. The van der Waals surface area contributed by atoms with Gasteiger partial charge in [-0.2, -0.15) is 0 Å². The quantitative estimate of drug-likeness (QED) is 0.692. The molecule has 1 aromatic heterocycles. The Hall–Kier alpha value is -2.17. The van der Waals surface area contributed by atoms with Crippen LogP contribution in [-0.2, 0) is 0 Å². The Morgan fingerprint density at radius 3 is 2.71 bits per heavy atom. The molecular formula is C9H8N4O. The predicted molar refractivity (Wildman–Crippen MR) is 51.3 cm³/mol. The molecule has 0 spiro atoms. The molecule has 1 heterocycles. The number of aromatic nitrogens is 3. The van der Waals surface area contributed by atoms with Gasteiger partial charge < -0.3 is 10.8 Å². The third-order valence-electron chi connectivity index (χ3n) is 1.72. The number of benzene rings is 1. The summed E-state index contributed by atoms with van der Waals surface area (Å²) in [5.41, 5.74) is 6.63. The largest absolute Gasteiger partial charge is 0.508 e. The first-order valence-corrected chi connectivity index (χ1v) is 4.00. The van der Waals surface area contributed by atoms with E-state index in [9.17, 15) is 5.11 Å². The standard InChI is InChI=1S/C9H8N4O/c10-9-11-5-8(12-13-9)6-2-1-3-7(14)4-6/h1-5,14H,(H2,10,11,13). The number of anilines is 1. The molecular weight excluding hydrogens is 180 g/mol. The average molecular weight is 188 g/mol. The number of aromatic hydroxyl groups is 1. The van der Waals surface area contributed by atoms with Crippen LogP contribution in [0.5, 0.6) is 5.75 Å². The molecule has 0 saturated carbocycles. The molecule has 0 radical (unpaired) electrons. The molecule has 0 unspecified atom stereocenters. The smallest absolute Gasteiger partial charge is 0.240 e. The first-order chi connectivity index (χ1) is 6.75. The minimum atomic E-state index is 0.133. The molecule has 70 valence electrons. The highest BCUT2D eigenvalue weighted by Crippen LogP contribution is 2.19. The van der Waals surface area contributed by atoms with Crippen molar-refractivity contribution in [3.63, 3.8) is 0 Å². The number of rotatable bonds is 1. The topological polar surface area (TPSA) is 84.9 Å². The van der Waals surface area contributed by atoms with Crippen molar-refractivity contribution in [2.24, 2.45) is 0 Å². The summed E-state index contributed by atoms with van der Waals surface area (Å²) in [5.74, 6) is 0.315. The summed E-state index contributed by atoms with van der Waals surface area (Å²) in [5, 5.41) is 16.7. The third kappa shape index (κ3) is 1.61. The summed E-state index contributed by atoms with van der Waals surface area (Å²) in [4.78, 5) is 3.81. The molecule has 1 aromatic carbocycles.